The van der Waals surface area contributed by atoms with Crippen LogP contribution in [0.25, 0.3) is 22.9 Å². The van der Waals surface area contributed by atoms with Crippen molar-refractivity contribution in [3.63, 3.8) is 0 Å². The molecule has 2 N–H and O–H groups in total. The third kappa shape index (κ3) is 6.55. The molecule has 0 amide bonds. The first-order valence-electron chi connectivity index (χ1n) is 11.1. The predicted molar refractivity (Wildman–Crippen MR) is 133 cm³/mol. The molecule has 0 atom stereocenters. The number of aliphatic carboxylic acids is 2. The maximum absolute atomic E-state index is 9.10. The largest absolute Gasteiger partial charge is 0.497 e. The molecule has 0 unspecified atom stereocenters. The van der Waals surface area contributed by atoms with Gasteiger partial charge in [-0.3, -0.25) is 0 Å². The molecule has 1 saturated heterocycles. The molecule has 8 heteroatoms. The van der Waals surface area contributed by atoms with Gasteiger partial charge < -0.3 is 24.7 Å². The maximum atomic E-state index is 9.10. The van der Waals surface area contributed by atoms with E-state index in [1.165, 1.54) is 10.8 Å². The lowest BCUT2D eigenvalue weighted by molar-refractivity contribution is -0.159. The average Bonchev–Trinajstić information content (AvgIpc) is 2.87. The van der Waals surface area contributed by atoms with Crippen molar-refractivity contribution in [2.45, 2.75) is 6.92 Å². The summed E-state index contributed by atoms with van der Waals surface area (Å²) in [6.07, 6.45) is 4.20. The molecule has 34 heavy (non-hydrogen) atoms. The molecule has 8 nitrogen and oxygen atoms in total. The van der Waals surface area contributed by atoms with E-state index >= 15 is 0 Å². The van der Waals surface area contributed by atoms with Gasteiger partial charge in [0.15, 0.2) is 0 Å². The van der Waals surface area contributed by atoms with Crippen LogP contribution in [0, 0.1) is 0 Å². The Balaban J connectivity index is 0.000000481. The van der Waals surface area contributed by atoms with Gasteiger partial charge in [-0.2, -0.15) is 0 Å². The molecule has 1 fully saturated rings. The normalized spacial score (nSPS) is 14.0. The van der Waals surface area contributed by atoms with Crippen LogP contribution >= 0.6 is 0 Å². The third-order valence-corrected chi connectivity index (χ3v) is 5.60. The number of pyridine rings is 1. The van der Waals surface area contributed by atoms with Gasteiger partial charge in [-0.25, -0.2) is 14.6 Å². The van der Waals surface area contributed by atoms with Gasteiger partial charge in [-0.05, 0) is 41.8 Å². The van der Waals surface area contributed by atoms with Gasteiger partial charge in [0.1, 0.15) is 11.6 Å². The second-order valence-electron chi connectivity index (χ2n) is 7.73. The van der Waals surface area contributed by atoms with Crippen molar-refractivity contribution < 1.29 is 24.5 Å². The Labute approximate surface area is 198 Å². The lowest BCUT2D eigenvalue weighted by Crippen LogP contribution is -2.46. The first-order chi connectivity index (χ1) is 16.4. The molecule has 1 aliphatic rings. The number of piperazine rings is 1. The lowest BCUT2D eigenvalue weighted by Gasteiger charge is -2.35. The Morgan fingerprint density at radius 3 is 2.21 bits per heavy atom. The SMILES string of the molecule is CCN1CCN(c2nc(/C=C\c3ccc(OC)cc3)cc3ccccc23)CC1.O=C(O)C(=O)O. The smallest absolute Gasteiger partial charge is 0.414 e. The first-order valence-corrected chi connectivity index (χ1v) is 11.1. The third-order valence-electron chi connectivity index (χ3n) is 5.60. The number of benzene rings is 2. The highest BCUT2D eigenvalue weighted by Gasteiger charge is 2.19. The van der Waals surface area contributed by atoms with Crippen LogP contribution in [-0.2, 0) is 9.59 Å². The van der Waals surface area contributed by atoms with E-state index in [1.54, 1.807) is 7.11 Å². The molecule has 0 aliphatic carbocycles. The van der Waals surface area contributed by atoms with E-state index in [4.69, 9.17) is 29.5 Å². The van der Waals surface area contributed by atoms with Crippen LogP contribution in [-0.4, -0.2) is 71.9 Å². The summed E-state index contributed by atoms with van der Waals surface area (Å²) in [6, 6.07) is 18.8. The van der Waals surface area contributed by atoms with Crippen molar-refractivity contribution in [3.8, 4) is 5.75 Å². The summed E-state index contributed by atoms with van der Waals surface area (Å²) in [5.74, 6) is -1.68. The fraction of sp³-hybridized carbons (Fsp3) is 0.269. The van der Waals surface area contributed by atoms with E-state index in [0.29, 0.717) is 0 Å². The molecule has 2 aromatic carbocycles. The van der Waals surface area contributed by atoms with Gasteiger partial charge in [0.2, 0.25) is 0 Å². The molecule has 1 aliphatic heterocycles. The van der Waals surface area contributed by atoms with Crippen LogP contribution in [0.2, 0.25) is 0 Å². The number of carboxylic acids is 2. The Kier molecular flexibility index (Phi) is 8.59. The molecule has 4 rings (SSSR count). The van der Waals surface area contributed by atoms with Gasteiger partial charge in [0.25, 0.3) is 0 Å². The predicted octanol–water partition coefficient (Wildman–Crippen LogP) is 3.71. The topological polar surface area (TPSA) is 103 Å². The van der Waals surface area contributed by atoms with Gasteiger partial charge in [-0.1, -0.05) is 49.4 Å². The number of aromatic nitrogens is 1. The zero-order valence-electron chi connectivity index (χ0n) is 19.3. The van der Waals surface area contributed by atoms with Crippen LogP contribution in [0.3, 0.4) is 0 Å². The van der Waals surface area contributed by atoms with E-state index < -0.39 is 11.9 Å². The highest BCUT2D eigenvalue weighted by atomic mass is 16.5. The van der Waals surface area contributed by atoms with Crippen molar-refractivity contribution in [2.24, 2.45) is 0 Å². The van der Waals surface area contributed by atoms with Crippen molar-refractivity contribution in [3.05, 3.63) is 65.9 Å². The van der Waals surface area contributed by atoms with Crippen LogP contribution < -0.4 is 9.64 Å². The molecular weight excluding hydrogens is 434 g/mol. The number of rotatable bonds is 5. The number of fused-ring (bicyclic) bond motifs is 1. The Morgan fingerprint density at radius 2 is 1.62 bits per heavy atom. The van der Waals surface area contributed by atoms with Crippen LogP contribution in [0.5, 0.6) is 5.75 Å². The van der Waals surface area contributed by atoms with E-state index in [-0.39, 0.29) is 0 Å². The number of ether oxygens (including phenoxy) is 1. The zero-order valence-corrected chi connectivity index (χ0v) is 19.3. The average molecular weight is 464 g/mol. The van der Waals surface area contributed by atoms with Crippen LogP contribution in [0.15, 0.2) is 54.6 Å². The molecule has 0 radical (unpaired) electrons. The number of methoxy groups -OCH3 is 1. The summed E-state index contributed by atoms with van der Waals surface area (Å²) in [7, 11) is 1.69. The second kappa shape index (κ2) is 11.8. The molecule has 178 valence electrons. The number of carbonyl (C=O) groups is 2. The van der Waals surface area contributed by atoms with Gasteiger partial charge in [-0.15, -0.1) is 0 Å². The van der Waals surface area contributed by atoms with Gasteiger partial charge >= 0.3 is 11.9 Å². The zero-order chi connectivity index (χ0) is 24.5. The summed E-state index contributed by atoms with van der Waals surface area (Å²) in [4.78, 5) is 28.1. The minimum atomic E-state index is -1.82. The summed E-state index contributed by atoms with van der Waals surface area (Å²) >= 11 is 0. The molecule has 0 saturated carbocycles. The highest BCUT2D eigenvalue weighted by molar-refractivity contribution is 6.27. The van der Waals surface area contributed by atoms with Crippen LogP contribution in [0.4, 0.5) is 5.82 Å². The number of carboxylic acid groups (broad SMARTS) is 2. The standard InChI is InChI=1S/C24H27N3O.C2H2O4/c1-3-26-14-16-27(17-15-26)24-23-7-5-4-6-20(23)18-21(25-24)11-8-19-9-12-22(28-2)13-10-19;3-1(4)2(5)6/h4-13,18H,3,14-17H2,1-2H3;(H,3,4)(H,5,6)/b11-8-;. The first kappa shape index (κ1) is 24.7. The number of likely N-dealkylation sites (N-methyl/N-ethyl adjacent to an activating group) is 1. The van der Waals surface area contributed by atoms with Gasteiger partial charge in [0, 0.05) is 31.6 Å². The van der Waals surface area contributed by atoms with E-state index in [9.17, 15) is 0 Å². The van der Waals surface area contributed by atoms with Crippen LogP contribution in [0.1, 0.15) is 18.2 Å². The Morgan fingerprint density at radius 1 is 0.971 bits per heavy atom. The highest BCUT2D eigenvalue weighted by Crippen LogP contribution is 2.27. The molecule has 3 aromatic rings. The molecule has 1 aromatic heterocycles. The summed E-state index contributed by atoms with van der Waals surface area (Å²) in [6.45, 7) is 7.59. The summed E-state index contributed by atoms with van der Waals surface area (Å²) < 4.78 is 5.23. The molecular formula is C26H29N3O5. The minimum Gasteiger partial charge on any atom is -0.497 e. The number of hydrogen-bond acceptors (Lipinski definition) is 6. The number of nitrogens with zero attached hydrogens (tertiary/aromatic N) is 3. The minimum absolute atomic E-state index is 0.870. The van der Waals surface area contributed by atoms with Crippen molar-refractivity contribution in [1.82, 2.24) is 9.88 Å². The molecule has 2 heterocycles. The van der Waals surface area contributed by atoms with Gasteiger partial charge in [0.05, 0.1) is 12.8 Å². The second-order valence-corrected chi connectivity index (χ2v) is 7.73. The Hall–Kier alpha value is -3.91. The van der Waals surface area contributed by atoms with Crippen molar-refractivity contribution >= 4 is 40.7 Å². The lowest BCUT2D eigenvalue weighted by atomic mass is 10.1. The van der Waals surface area contributed by atoms with Crippen molar-refractivity contribution in [1.29, 1.82) is 0 Å². The number of hydrogen-bond donors (Lipinski definition) is 2. The fourth-order valence-corrected chi connectivity index (χ4v) is 3.70. The Bertz CT molecular complexity index is 1140. The van der Waals surface area contributed by atoms with Crippen molar-refractivity contribution in [2.75, 3.05) is 44.7 Å². The molecule has 0 bridgehead atoms. The van der Waals surface area contributed by atoms with E-state index in [2.05, 4.69) is 71.3 Å². The molecule has 0 spiro atoms. The number of anilines is 1. The summed E-state index contributed by atoms with van der Waals surface area (Å²) in [5, 5.41) is 17.2. The fourth-order valence-electron chi connectivity index (χ4n) is 3.70. The van der Waals surface area contributed by atoms with E-state index in [1.807, 2.05) is 12.1 Å². The monoisotopic (exact) mass is 463 g/mol. The maximum Gasteiger partial charge on any atom is 0.414 e. The summed E-state index contributed by atoms with van der Waals surface area (Å²) in [5.41, 5.74) is 2.12. The quantitative estimate of drug-likeness (QED) is 0.552. The van der Waals surface area contributed by atoms with E-state index in [0.717, 1.165) is 55.5 Å².